The molecular formula is C10H14N2O5. The van der Waals surface area contributed by atoms with Crippen LogP contribution in [0.15, 0.2) is 12.1 Å². The van der Waals surface area contributed by atoms with Crippen molar-refractivity contribution in [1.82, 2.24) is 0 Å². The molecule has 1 aromatic rings. The van der Waals surface area contributed by atoms with Crippen LogP contribution in [-0.2, 0) is 0 Å². The van der Waals surface area contributed by atoms with Crippen LogP contribution < -0.4 is 10.1 Å². The Labute approximate surface area is 97.8 Å². The van der Waals surface area contributed by atoms with Gasteiger partial charge in [-0.15, -0.1) is 0 Å². The molecule has 0 aliphatic heterocycles. The summed E-state index contributed by atoms with van der Waals surface area (Å²) in [5.41, 5.74) is 0.0133. The summed E-state index contributed by atoms with van der Waals surface area (Å²) in [6.07, 6.45) is 0.473. The third-order valence-corrected chi connectivity index (χ3v) is 2.14. The first kappa shape index (κ1) is 13.0. The summed E-state index contributed by atoms with van der Waals surface area (Å²) in [5, 5.41) is 31.6. The molecule has 0 fully saturated rings. The summed E-state index contributed by atoms with van der Waals surface area (Å²) in [6, 6.07) is 2.38. The number of nitrogens with zero attached hydrogens (tertiary/aromatic N) is 1. The zero-order valence-electron chi connectivity index (χ0n) is 9.34. The highest BCUT2D eigenvalue weighted by Crippen LogP contribution is 2.36. The Kier molecular flexibility index (Phi) is 4.53. The lowest BCUT2D eigenvalue weighted by atomic mass is 10.2. The van der Waals surface area contributed by atoms with Crippen LogP contribution in [0.1, 0.15) is 6.42 Å². The molecule has 0 aromatic heterocycles. The van der Waals surface area contributed by atoms with E-state index in [1.54, 1.807) is 0 Å². The van der Waals surface area contributed by atoms with E-state index in [0.29, 0.717) is 13.0 Å². The first-order chi connectivity index (χ1) is 8.10. The van der Waals surface area contributed by atoms with E-state index in [0.717, 1.165) is 6.07 Å². The van der Waals surface area contributed by atoms with Gasteiger partial charge in [0.05, 0.1) is 18.1 Å². The lowest BCUT2D eigenvalue weighted by Gasteiger charge is -2.09. The van der Waals surface area contributed by atoms with Crippen molar-refractivity contribution in [1.29, 1.82) is 0 Å². The minimum Gasteiger partial charge on any atom is -0.504 e. The number of rotatable bonds is 6. The number of anilines is 1. The molecule has 0 saturated carbocycles. The molecule has 7 heteroatoms. The molecule has 7 nitrogen and oxygen atoms in total. The second kappa shape index (κ2) is 5.90. The highest BCUT2D eigenvalue weighted by molar-refractivity contribution is 5.68. The molecule has 0 amide bonds. The minimum absolute atomic E-state index is 0.00395. The summed E-state index contributed by atoms with van der Waals surface area (Å²) < 4.78 is 4.86. The molecule has 0 unspecified atom stereocenters. The van der Waals surface area contributed by atoms with Gasteiger partial charge in [0.1, 0.15) is 5.69 Å². The van der Waals surface area contributed by atoms with Crippen LogP contribution in [0.4, 0.5) is 11.4 Å². The fourth-order valence-electron chi connectivity index (χ4n) is 1.32. The van der Waals surface area contributed by atoms with E-state index >= 15 is 0 Å². The third-order valence-electron chi connectivity index (χ3n) is 2.14. The molecule has 0 aliphatic carbocycles. The number of phenols is 1. The number of ether oxygens (including phenoxy) is 1. The molecule has 1 aromatic carbocycles. The molecule has 0 spiro atoms. The van der Waals surface area contributed by atoms with Gasteiger partial charge in [0.25, 0.3) is 5.69 Å². The van der Waals surface area contributed by atoms with Crippen LogP contribution in [-0.4, -0.2) is 35.4 Å². The van der Waals surface area contributed by atoms with Gasteiger partial charge in [-0.3, -0.25) is 10.1 Å². The number of aliphatic hydroxyl groups is 1. The van der Waals surface area contributed by atoms with E-state index in [-0.39, 0.29) is 29.5 Å². The molecule has 94 valence electrons. The van der Waals surface area contributed by atoms with E-state index in [9.17, 15) is 15.2 Å². The summed E-state index contributed by atoms with van der Waals surface area (Å²) in [5.74, 6) is -0.131. The average molecular weight is 242 g/mol. The number of nitrogens with one attached hydrogen (secondary N) is 1. The Morgan fingerprint density at radius 2 is 2.24 bits per heavy atom. The number of hydrogen-bond acceptors (Lipinski definition) is 6. The molecule has 1 rings (SSSR count). The van der Waals surface area contributed by atoms with Crippen molar-refractivity contribution in [3.8, 4) is 11.5 Å². The van der Waals surface area contributed by atoms with E-state index in [1.165, 1.54) is 13.2 Å². The Morgan fingerprint density at radius 3 is 2.76 bits per heavy atom. The fraction of sp³-hybridized carbons (Fsp3) is 0.400. The maximum atomic E-state index is 10.8. The normalized spacial score (nSPS) is 10.0. The largest absolute Gasteiger partial charge is 0.504 e. The van der Waals surface area contributed by atoms with Gasteiger partial charge in [-0.2, -0.15) is 0 Å². The zero-order valence-corrected chi connectivity index (χ0v) is 9.34. The highest BCUT2D eigenvalue weighted by atomic mass is 16.6. The van der Waals surface area contributed by atoms with Gasteiger partial charge in [-0.25, -0.2) is 0 Å². The van der Waals surface area contributed by atoms with Gasteiger partial charge >= 0.3 is 0 Å². The Bertz CT molecular complexity index is 408. The second-order valence-electron chi connectivity index (χ2n) is 3.30. The van der Waals surface area contributed by atoms with E-state index < -0.39 is 4.92 Å². The fourth-order valence-corrected chi connectivity index (χ4v) is 1.32. The first-order valence-electron chi connectivity index (χ1n) is 5.00. The molecule has 0 aliphatic rings. The van der Waals surface area contributed by atoms with Crippen molar-refractivity contribution in [3.05, 3.63) is 22.2 Å². The maximum absolute atomic E-state index is 10.8. The number of benzene rings is 1. The predicted octanol–water partition coefficient (Wildman–Crippen LogP) is 1.10. The van der Waals surface area contributed by atoms with Gasteiger partial charge in [-0.05, 0) is 6.42 Å². The molecule has 0 heterocycles. The van der Waals surface area contributed by atoms with Crippen molar-refractivity contribution in [2.45, 2.75) is 6.42 Å². The van der Waals surface area contributed by atoms with E-state index in [2.05, 4.69) is 5.32 Å². The average Bonchev–Trinajstić information content (AvgIpc) is 2.30. The van der Waals surface area contributed by atoms with Gasteiger partial charge in [0, 0.05) is 19.2 Å². The minimum atomic E-state index is -0.597. The van der Waals surface area contributed by atoms with E-state index in [1.807, 2.05) is 0 Å². The molecule has 17 heavy (non-hydrogen) atoms. The summed E-state index contributed by atoms with van der Waals surface area (Å²) >= 11 is 0. The van der Waals surface area contributed by atoms with Crippen LogP contribution in [0.25, 0.3) is 0 Å². The monoisotopic (exact) mass is 242 g/mol. The predicted molar refractivity (Wildman–Crippen MR) is 61.5 cm³/mol. The van der Waals surface area contributed by atoms with E-state index in [4.69, 9.17) is 9.84 Å². The Hall–Kier alpha value is -2.02. The molecule has 0 radical (unpaired) electrons. The number of nitro groups is 1. The SMILES string of the molecule is COc1cc(NCCCO)c([N+](=O)[O-])cc1O. The third kappa shape index (κ3) is 3.22. The lowest BCUT2D eigenvalue weighted by Crippen LogP contribution is -2.06. The summed E-state index contributed by atoms with van der Waals surface area (Å²) in [7, 11) is 1.36. The van der Waals surface area contributed by atoms with Crippen LogP contribution >= 0.6 is 0 Å². The van der Waals surface area contributed by atoms with Crippen LogP contribution in [0.3, 0.4) is 0 Å². The molecule has 0 bridgehead atoms. The number of aromatic hydroxyl groups is 1. The van der Waals surface area contributed by atoms with Crippen molar-refractivity contribution >= 4 is 11.4 Å². The first-order valence-corrected chi connectivity index (χ1v) is 5.00. The number of nitro benzene ring substituents is 1. The van der Waals surface area contributed by atoms with Crippen LogP contribution in [0, 0.1) is 10.1 Å². The second-order valence-corrected chi connectivity index (χ2v) is 3.30. The highest BCUT2D eigenvalue weighted by Gasteiger charge is 2.18. The van der Waals surface area contributed by atoms with Gasteiger partial charge in [-0.1, -0.05) is 0 Å². The molecule has 0 atom stereocenters. The van der Waals surface area contributed by atoms with Gasteiger partial charge in [0.15, 0.2) is 11.5 Å². The number of methoxy groups -OCH3 is 1. The van der Waals surface area contributed by atoms with Crippen molar-refractivity contribution in [2.75, 3.05) is 25.6 Å². The van der Waals surface area contributed by atoms with Gasteiger partial charge < -0.3 is 20.3 Å². The summed E-state index contributed by atoms with van der Waals surface area (Å²) in [4.78, 5) is 10.2. The standard InChI is InChI=1S/C10H14N2O5/c1-17-10-5-7(11-3-2-4-13)8(12(15)16)6-9(10)14/h5-6,11,13-14H,2-4H2,1H3. The Balaban J connectivity index is 3.01. The lowest BCUT2D eigenvalue weighted by molar-refractivity contribution is -0.384. The van der Waals surface area contributed by atoms with Crippen LogP contribution in [0.5, 0.6) is 11.5 Å². The van der Waals surface area contributed by atoms with Crippen molar-refractivity contribution in [3.63, 3.8) is 0 Å². The number of aliphatic hydroxyl groups excluding tert-OH is 1. The number of hydrogen-bond donors (Lipinski definition) is 3. The van der Waals surface area contributed by atoms with Crippen molar-refractivity contribution < 1.29 is 19.9 Å². The number of phenolic OH excluding ortho intramolecular Hbond substituents is 1. The molecule has 3 N–H and O–H groups in total. The summed E-state index contributed by atoms with van der Waals surface area (Å²) in [6.45, 7) is 0.390. The quantitative estimate of drug-likeness (QED) is 0.298. The Morgan fingerprint density at radius 1 is 1.53 bits per heavy atom. The smallest absolute Gasteiger partial charge is 0.296 e. The van der Waals surface area contributed by atoms with Crippen molar-refractivity contribution in [2.24, 2.45) is 0 Å². The van der Waals surface area contributed by atoms with Gasteiger partial charge in [0.2, 0.25) is 0 Å². The maximum Gasteiger partial charge on any atom is 0.296 e. The topological polar surface area (TPSA) is 105 Å². The zero-order chi connectivity index (χ0) is 12.8. The van der Waals surface area contributed by atoms with Crippen LogP contribution in [0.2, 0.25) is 0 Å². The molecule has 0 saturated heterocycles. The molecular weight excluding hydrogens is 228 g/mol.